The normalized spacial score (nSPS) is 15.9. The van der Waals surface area contributed by atoms with Gasteiger partial charge in [-0.2, -0.15) is 5.10 Å². The Labute approximate surface area is 171 Å². The Balaban J connectivity index is 1.69. The molecule has 1 fully saturated rings. The first-order valence-electron chi connectivity index (χ1n) is 9.66. The molecular weight excluding hydrogens is 388 g/mol. The maximum atomic E-state index is 12.9. The van der Waals surface area contributed by atoms with Gasteiger partial charge in [0.05, 0.1) is 22.1 Å². The molecule has 9 heteroatoms. The number of hydrogen-bond donors (Lipinski definition) is 1. The average Bonchev–Trinajstić information content (AvgIpc) is 3.28. The highest BCUT2D eigenvalue weighted by Crippen LogP contribution is 2.27. The lowest BCUT2D eigenvalue weighted by molar-refractivity contribution is -0.384. The standard InChI is InChI=1S/C21H20N4O5/c26-19(22-12-16-7-4-10-30-16)13-24-21(27)18-9-2-1-8-17(18)20(23-24)14-5-3-6-15(11-14)25(28)29/h1-3,5-6,8-9,11,16H,4,7,10,12-13H2,(H,22,26)/t16-/m0/s1. The van der Waals surface area contributed by atoms with Crippen molar-refractivity contribution in [3.8, 4) is 11.3 Å². The largest absolute Gasteiger partial charge is 0.376 e. The van der Waals surface area contributed by atoms with Gasteiger partial charge in [-0.3, -0.25) is 19.7 Å². The number of carbonyl (C=O) groups is 1. The van der Waals surface area contributed by atoms with Crippen LogP contribution < -0.4 is 10.9 Å². The van der Waals surface area contributed by atoms with E-state index in [4.69, 9.17) is 4.74 Å². The number of amides is 1. The zero-order valence-electron chi connectivity index (χ0n) is 16.1. The van der Waals surface area contributed by atoms with Gasteiger partial charge in [0.2, 0.25) is 5.91 Å². The lowest BCUT2D eigenvalue weighted by Crippen LogP contribution is -2.37. The van der Waals surface area contributed by atoms with Crippen molar-refractivity contribution in [2.45, 2.75) is 25.5 Å². The molecule has 2 aromatic carbocycles. The summed E-state index contributed by atoms with van der Waals surface area (Å²) in [5.41, 5.74) is 0.423. The van der Waals surface area contributed by atoms with Crippen LogP contribution >= 0.6 is 0 Å². The third-order valence-electron chi connectivity index (χ3n) is 5.04. The molecule has 0 saturated carbocycles. The second kappa shape index (κ2) is 8.42. The third-order valence-corrected chi connectivity index (χ3v) is 5.04. The molecule has 1 atom stereocenters. The highest BCUT2D eigenvalue weighted by Gasteiger charge is 2.18. The van der Waals surface area contributed by atoms with Gasteiger partial charge in [-0.25, -0.2) is 4.68 Å². The van der Waals surface area contributed by atoms with Crippen molar-refractivity contribution in [1.29, 1.82) is 0 Å². The van der Waals surface area contributed by atoms with Crippen molar-refractivity contribution in [1.82, 2.24) is 15.1 Å². The summed E-state index contributed by atoms with van der Waals surface area (Å²) in [6, 6.07) is 12.9. The van der Waals surface area contributed by atoms with Gasteiger partial charge in [-0.1, -0.05) is 30.3 Å². The highest BCUT2D eigenvalue weighted by atomic mass is 16.6. The van der Waals surface area contributed by atoms with Gasteiger partial charge in [-0.05, 0) is 18.9 Å². The number of non-ortho nitro benzene ring substituents is 1. The van der Waals surface area contributed by atoms with Gasteiger partial charge in [0.25, 0.3) is 11.2 Å². The Morgan fingerprint density at radius 3 is 2.77 bits per heavy atom. The molecule has 1 aromatic heterocycles. The summed E-state index contributed by atoms with van der Waals surface area (Å²) in [7, 11) is 0. The summed E-state index contributed by atoms with van der Waals surface area (Å²) < 4.78 is 6.59. The van der Waals surface area contributed by atoms with Gasteiger partial charge in [0.1, 0.15) is 6.54 Å². The van der Waals surface area contributed by atoms with Crippen LogP contribution in [0.2, 0.25) is 0 Å². The Morgan fingerprint density at radius 2 is 2.03 bits per heavy atom. The SMILES string of the molecule is O=C(Cn1nc(-c2cccc([N+](=O)[O-])c2)c2ccccc2c1=O)NC[C@@H]1CCCO1. The number of nitrogens with one attached hydrogen (secondary N) is 1. The number of nitro groups is 1. The minimum atomic E-state index is -0.486. The molecule has 1 aliphatic heterocycles. The number of nitrogens with zero attached hydrogens (tertiary/aromatic N) is 3. The fourth-order valence-corrected chi connectivity index (χ4v) is 3.55. The van der Waals surface area contributed by atoms with E-state index in [0.717, 1.165) is 17.5 Å². The molecule has 30 heavy (non-hydrogen) atoms. The maximum absolute atomic E-state index is 12.9. The topological polar surface area (TPSA) is 116 Å². The molecule has 0 bridgehead atoms. The number of aromatic nitrogens is 2. The van der Waals surface area contributed by atoms with Crippen LogP contribution in [0.25, 0.3) is 22.0 Å². The number of fused-ring (bicyclic) bond motifs is 1. The van der Waals surface area contributed by atoms with E-state index in [1.807, 2.05) is 0 Å². The van der Waals surface area contributed by atoms with Crippen LogP contribution in [-0.2, 0) is 16.1 Å². The van der Waals surface area contributed by atoms with Crippen LogP contribution in [0, 0.1) is 10.1 Å². The molecule has 0 aliphatic carbocycles. The first-order chi connectivity index (χ1) is 14.5. The average molecular weight is 408 g/mol. The Hall–Kier alpha value is -3.59. The minimum absolute atomic E-state index is 0.00402. The van der Waals surface area contributed by atoms with Crippen LogP contribution in [0.1, 0.15) is 12.8 Å². The van der Waals surface area contributed by atoms with Crippen molar-refractivity contribution in [3.63, 3.8) is 0 Å². The van der Waals surface area contributed by atoms with Crippen molar-refractivity contribution in [2.24, 2.45) is 0 Å². The van der Waals surface area contributed by atoms with Crippen LogP contribution in [-0.4, -0.2) is 39.9 Å². The molecule has 0 unspecified atom stereocenters. The lowest BCUT2D eigenvalue weighted by Gasteiger charge is -2.13. The van der Waals surface area contributed by atoms with Crippen LogP contribution in [0.3, 0.4) is 0 Å². The Morgan fingerprint density at radius 1 is 1.23 bits per heavy atom. The Bertz CT molecular complexity index is 1170. The molecule has 9 nitrogen and oxygen atoms in total. The number of hydrogen-bond acceptors (Lipinski definition) is 6. The highest BCUT2D eigenvalue weighted by molar-refractivity contribution is 5.94. The molecule has 3 aromatic rings. The predicted molar refractivity (Wildman–Crippen MR) is 110 cm³/mol. The second-order valence-electron chi connectivity index (χ2n) is 7.10. The van der Waals surface area contributed by atoms with Crippen molar-refractivity contribution in [3.05, 3.63) is 69.0 Å². The fraction of sp³-hybridized carbons (Fsp3) is 0.286. The zero-order chi connectivity index (χ0) is 21.1. The van der Waals surface area contributed by atoms with Gasteiger partial charge >= 0.3 is 0 Å². The van der Waals surface area contributed by atoms with E-state index in [1.54, 1.807) is 36.4 Å². The van der Waals surface area contributed by atoms with E-state index < -0.39 is 10.5 Å². The summed E-state index contributed by atoms with van der Waals surface area (Å²) in [6.45, 7) is 0.829. The summed E-state index contributed by atoms with van der Waals surface area (Å²) in [5.74, 6) is -0.347. The number of rotatable bonds is 6. The number of carbonyl (C=O) groups excluding carboxylic acids is 1. The van der Waals surface area contributed by atoms with Crippen LogP contribution in [0.4, 0.5) is 5.69 Å². The van der Waals surface area contributed by atoms with E-state index >= 15 is 0 Å². The van der Waals surface area contributed by atoms with Gasteiger partial charge in [0.15, 0.2) is 0 Å². The fourth-order valence-electron chi connectivity index (χ4n) is 3.55. The van der Waals surface area contributed by atoms with Crippen LogP contribution in [0.5, 0.6) is 0 Å². The summed E-state index contributed by atoms with van der Waals surface area (Å²) >= 11 is 0. The van der Waals surface area contributed by atoms with Gasteiger partial charge < -0.3 is 10.1 Å². The molecule has 1 N–H and O–H groups in total. The quantitative estimate of drug-likeness (QED) is 0.494. The van der Waals surface area contributed by atoms with E-state index in [2.05, 4.69) is 10.4 Å². The minimum Gasteiger partial charge on any atom is -0.376 e. The first-order valence-corrected chi connectivity index (χ1v) is 9.66. The molecule has 2 heterocycles. The van der Waals surface area contributed by atoms with Crippen LogP contribution in [0.15, 0.2) is 53.3 Å². The van der Waals surface area contributed by atoms with E-state index in [1.165, 1.54) is 12.1 Å². The van der Waals surface area contributed by atoms with E-state index in [9.17, 15) is 19.7 Å². The smallest absolute Gasteiger partial charge is 0.275 e. The number of benzene rings is 2. The molecule has 0 spiro atoms. The van der Waals surface area contributed by atoms with Crippen molar-refractivity contribution >= 4 is 22.4 Å². The summed E-state index contributed by atoms with van der Waals surface area (Å²) in [6.07, 6.45) is 1.86. The molecule has 0 radical (unpaired) electrons. The molecule has 1 amide bonds. The predicted octanol–water partition coefficient (Wildman–Crippen LogP) is 2.27. The number of nitro benzene ring substituents is 1. The summed E-state index contributed by atoms with van der Waals surface area (Å²) in [4.78, 5) is 35.9. The van der Waals surface area contributed by atoms with Crippen molar-refractivity contribution < 1.29 is 14.5 Å². The maximum Gasteiger partial charge on any atom is 0.275 e. The van der Waals surface area contributed by atoms with Gasteiger partial charge in [0, 0.05) is 36.2 Å². The molecule has 1 aliphatic rings. The second-order valence-corrected chi connectivity index (χ2v) is 7.10. The molecule has 1 saturated heterocycles. The Kier molecular flexibility index (Phi) is 5.53. The van der Waals surface area contributed by atoms with E-state index in [-0.39, 0.29) is 24.2 Å². The lowest BCUT2D eigenvalue weighted by atomic mass is 10.0. The third kappa shape index (κ3) is 4.06. The van der Waals surface area contributed by atoms with E-state index in [0.29, 0.717) is 35.2 Å². The molecule has 4 rings (SSSR count). The van der Waals surface area contributed by atoms with Gasteiger partial charge in [-0.15, -0.1) is 0 Å². The van der Waals surface area contributed by atoms with Crippen molar-refractivity contribution in [2.75, 3.05) is 13.2 Å². The molecular formula is C21H20N4O5. The zero-order valence-corrected chi connectivity index (χ0v) is 16.1. The first kappa shape index (κ1) is 19.7. The molecule has 154 valence electrons. The number of ether oxygens (including phenoxy) is 1. The monoisotopic (exact) mass is 408 g/mol. The summed E-state index contributed by atoms with van der Waals surface area (Å²) in [5, 5.41) is 19.3.